The van der Waals surface area contributed by atoms with E-state index in [-0.39, 0.29) is 18.0 Å². The van der Waals surface area contributed by atoms with Crippen LogP contribution in [-0.2, 0) is 0 Å². The number of nitrogens with zero attached hydrogens (tertiary/aromatic N) is 1. The fraction of sp³-hybridized carbons (Fsp3) is 0.538. The predicted molar refractivity (Wildman–Crippen MR) is 78.1 cm³/mol. The topological polar surface area (TPSA) is 84.6 Å². The maximum absolute atomic E-state index is 11.0. The highest BCUT2D eigenvalue weighted by Crippen LogP contribution is 2.34. The van der Waals surface area contributed by atoms with Crippen molar-refractivity contribution in [3.63, 3.8) is 0 Å². The smallest absolute Gasteiger partial charge is 0.312 e. The van der Waals surface area contributed by atoms with Crippen LogP contribution in [0, 0.1) is 17.0 Å². The van der Waals surface area contributed by atoms with Crippen molar-refractivity contribution in [2.75, 3.05) is 13.2 Å². The Morgan fingerprint density at radius 1 is 1.60 bits per heavy atom. The largest absolute Gasteiger partial charge is 0.484 e. The average Bonchev–Trinajstić information content (AvgIpc) is 3.18. The number of nitro groups is 1. The van der Waals surface area contributed by atoms with Crippen molar-refractivity contribution in [2.45, 2.75) is 31.9 Å². The van der Waals surface area contributed by atoms with Crippen LogP contribution in [0.15, 0.2) is 16.6 Å². The number of hydrogen-bond acceptors (Lipinski definition) is 5. The molecule has 0 amide bonds. The summed E-state index contributed by atoms with van der Waals surface area (Å²) in [6.07, 6.45) is 1.61. The Kier molecular flexibility index (Phi) is 4.95. The van der Waals surface area contributed by atoms with E-state index in [4.69, 9.17) is 4.74 Å². The standard InChI is InChI=1S/C13H17BrN2O4/c1-8-4-9(14)5-12(16(18)19)13(8)20-7-11(17)6-15-10-2-3-10/h4-5,10-11,15,17H,2-3,6-7H2,1H3. The molecule has 0 heterocycles. The van der Waals surface area contributed by atoms with Crippen LogP contribution in [0.3, 0.4) is 0 Å². The molecule has 0 spiro atoms. The third kappa shape index (κ3) is 4.16. The molecule has 0 radical (unpaired) electrons. The highest BCUT2D eigenvalue weighted by atomic mass is 79.9. The van der Waals surface area contributed by atoms with Gasteiger partial charge < -0.3 is 15.2 Å². The fourth-order valence-corrected chi connectivity index (χ4v) is 2.42. The number of benzene rings is 1. The van der Waals surface area contributed by atoms with Gasteiger partial charge in [0.05, 0.1) is 4.92 Å². The lowest BCUT2D eigenvalue weighted by Crippen LogP contribution is -2.32. The first-order valence-electron chi connectivity index (χ1n) is 6.46. The second kappa shape index (κ2) is 6.51. The van der Waals surface area contributed by atoms with Crippen LogP contribution >= 0.6 is 15.9 Å². The third-order valence-corrected chi connectivity index (χ3v) is 3.51. The molecule has 1 fully saturated rings. The number of aliphatic hydroxyl groups excluding tert-OH is 1. The molecule has 1 aromatic rings. The molecule has 6 nitrogen and oxygen atoms in total. The molecule has 2 N–H and O–H groups in total. The van der Waals surface area contributed by atoms with Gasteiger partial charge in [-0.15, -0.1) is 0 Å². The second-order valence-corrected chi connectivity index (χ2v) is 5.89. The quantitative estimate of drug-likeness (QED) is 0.584. The molecule has 7 heteroatoms. The first kappa shape index (κ1) is 15.2. The van der Waals surface area contributed by atoms with Gasteiger partial charge in [0.1, 0.15) is 12.7 Å². The van der Waals surface area contributed by atoms with Gasteiger partial charge in [-0.1, -0.05) is 15.9 Å². The monoisotopic (exact) mass is 344 g/mol. The summed E-state index contributed by atoms with van der Waals surface area (Å²) in [6, 6.07) is 3.65. The van der Waals surface area contributed by atoms with Crippen molar-refractivity contribution >= 4 is 21.6 Å². The van der Waals surface area contributed by atoms with Crippen molar-refractivity contribution < 1.29 is 14.8 Å². The zero-order valence-corrected chi connectivity index (χ0v) is 12.7. The number of nitro benzene ring substituents is 1. The van der Waals surface area contributed by atoms with E-state index in [1.807, 2.05) is 0 Å². The summed E-state index contributed by atoms with van der Waals surface area (Å²) in [5, 5.41) is 24.0. The summed E-state index contributed by atoms with van der Waals surface area (Å²) in [5.41, 5.74) is 0.563. The number of hydrogen-bond donors (Lipinski definition) is 2. The van der Waals surface area contributed by atoms with Gasteiger partial charge in [-0.25, -0.2) is 0 Å². The summed E-state index contributed by atoms with van der Waals surface area (Å²) >= 11 is 3.22. The van der Waals surface area contributed by atoms with Crippen LogP contribution in [0.2, 0.25) is 0 Å². The maximum Gasteiger partial charge on any atom is 0.312 e. The molecule has 1 unspecified atom stereocenters. The van der Waals surface area contributed by atoms with Crippen LogP contribution in [0.4, 0.5) is 5.69 Å². The summed E-state index contributed by atoms with van der Waals surface area (Å²) < 4.78 is 6.08. The Hall–Kier alpha value is -1.18. The SMILES string of the molecule is Cc1cc(Br)cc([N+](=O)[O-])c1OCC(O)CNC1CC1. The van der Waals surface area contributed by atoms with Crippen LogP contribution < -0.4 is 10.1 Å². The first-order valence-corrected chi connectivity index (χ1v) is 7.25. The minimum atomic E-state index is -0.682. The van der Waals surface area contributed by atoms with Crippen molar-refractivity contribution in [3.05, 3.63) is 32.3 Å². The molecule has 0 saturated heterocycles. The van der Waals surface area contributed by atoms with E-state index in [2.05, 4.69) is 21.2 Å². The van der Waals surface area contributed by atoms with E-state index in [9.17, 15) is 15.2 Å². The predicted octanol–water partition coefficient (Wildman–Crippen LogP) is 2.16. The Balaban J connectivity index is 1.98. The number of rotatable bonds is 7. The molecule has 1 aromatic carbocycles. The number of ether oxygens (including phenoxy) is 1. The van der Waals surface area contributed by atoms with Gasteiger partial charge in [-0.05, 0) is 31.4 Å². The molecule has 2 rings (SSSR count). The lowest BCUT2D eigenvalue weighted by Gasteiger charge is -2.14. The minimum Gasteiger partial charge on any atom is -0.484 e. The summed E-state index contributed by atoms with van der Waals surface area (Å²) in [6.45, 7) is 2.21. The molecule has 0 aliphatic heterocycles. The molecule has 1 aliphatic rings. The van der Waals surface area contributed by atoms with E-state index < -0.39 is 11.0 Å². The van der Waals surface area contributed by atoms with Gasteiger partial charge in [0.25, 0.3) is 0 Å². The van der Waals surface area contributed by atoms with Gasteiger partial charge in [0.15, 0.2) is 5.75 Å². The Morgan fingerprint density at radius 2 is 2.30 bits per heavy atom. The zero-order valence-electron chi connectivity index (χ0n) is 11.1. The van der Waals surface area contributed by atoms with E-state index in [0.717, 1.165) is 12.8 Å². The van der Waals surface area contributed by atoms with E-state index in [0.29, 0.717) is 22.6 Å². The van der Waals surface area contributed by atoms with Crippen LogP contribution in [0.5, 0.6) is 5.75 Å². The molecule has 0 aromatic heterocycles. The third-order valence-electron chi connectivity index (χ3n) is 3.06. The van der Waals surface area contributed by atoms with E-state index in [1.165, 1.54) is 6.07 Å². The van der Waals surface area contributed by atoms with Crippen molar-refractivity contribution in [1.82, 2.24) is 5.32 Å². The number of nitrogens with one attached hydrogen (secondary N) is 1. The zero-order chi connectivity index (χ0) is 14.7. The average molecular weight is 345 g/mol. The van der Waals surface area contributed by atoms with Crippen molar-refractivity contribution in [3.8, 4) is 5.75 Å². The normalized spacial score (nSPS) is 15.9. The Bertz CT molecular complexity index is 505. The minimum absolute atomic E-state index is 0.0308. The molecule has 1 atom stereocenters. The first-order chi connectivity index (χ1) is 9.47. The summed E-state index contributed by atoms with van der Waals surface area (Å²) in [7, 11) is 0. The van der Waals surface area contributed by atoms with Crippen molar-refractivity contribution in [2.24, 2.45) is 0 Å². The van der Waals surface area contributed by atoms with Gasteiger partial charge in [0.2, 0.25) is 0 Å². The van der Waals surface area contributed by atoms with Crippen molar-refractivity contribution in [1.29, 1.82) is 0 Å². The van der Waals surface area contributed by atoms with Crippen LogP contribution in [0.25, 0.3) is 0 Å². The van der Waals surface area contributed by atoms with Gasteiger partial charge >= 0.3 is 5.69 Å². The van der Waals surface area contributed by atoms with E-state index in [1.54, 1.807) is 13.0 Å². The molecule has 1 saturated carbocycles. The van der Waals surface area contributed by atoms with E-state index >= 15 is 0 Å². The lowest BCUT2D eigenvalue weighted by atomic mass is 10.2. The number of aliphatic hydroxyl groups is 1. The number of halogens is 1. The Labute approximate surface area is 125 Å². The summed E-state index contributed by atoms with van der Waals surface area (Å²) in [5.74, 6) is 0.212. The van der Waals surface area contributed by atoms with Gasteiger partial charge in [0, 0.05) is 23.1 Å². The molecular formula is C13H17BrN2O4. The van der Waals surface area contributed by atoms with Gasteiger partial charge in [-0.2, -0.15) is 0 Å². The highest BCUT2D eigenvalue weighted by molar-refractivity contribution is 9.10. The second-order valence-electron chi connectivity index (χ2n) is 4.98. The fourth-order valence-electron chi connectivity index (χ4n) is 1.86. The molecule has 110 valence electrons. The maximum atomic E-state index is 11.0. The molecular weight excluding hydrogens is 328 g/mol. The summed E-state index contributed by atoms with van der Waals surface area (Å²) in [4.78, 5) is 10.5. The van der Waals surface area contributed by atoms with Crippen LogP contribution in [0.1, 0.15) is 18.4 Å². The Morgan fingerprint density at radius 3 is 2.90 bits per heavy atom. The molecule has 20 heavy (non-hydrogen) atoms. The van der Waals surface area contributed by atoms with Gasteiger partial charge in [-0.3, -0.25) is 10.1 Å². The number of aryl methyl sites for hydroxylation is 1. The lowest BCUT2D eigenvalue weighted by molar-refractivity contribution is -0.386. The molecule has 0 bridgehead atoms. The van der Waals surface area contributed by atoms with Crippen LogP contribution in [-0.4, -0.2) is 35.3 Å². The molecule has 1 aliphatic carbocycles. The highest BCUT2D eigenvalue weighted by Gasteiger charge is 2.23.